The molecule has 1 aliphatic rings. The normalized spacial score (nSPS) is 15.4. The Morgan fingerprint density at radius 2 is 1.93 bits per heavy atom. The number of rotatable bonds is 3. The number of aromatic amines is 1. The standard InChI is InChI=1S/C20H21N7O/c1-26-7-9-27(10-8-26)18-4-2-3-17(23-18)15-12-22-16-6-5-13(11-14(15)16)19-24-25-20(21)28-19/h2-6,11-12,22H,7-10H2,1H3,(H2,21,25). The molecule has 0 aliphatic carbocycles. The molecule has 0 atom stereocenters. The molecule has 142 valence electrons. The Morgan fingerprint density at radius 3 is 2.71 bits per heavy atom. The van der Waals surface area contributed by atoms with Crippen molar-refractivity contribution in [2.45, 2.75) is 0 Å². The zero-order valence-corrected chi connectivity index (χ0v) is 15.6. The number of anilines is 2. The quantitative estimate of drug-likeness (QED) is 0.568. The fourth-order valence-corrected chi connectivity index (χ4v) is 3.60. The molecule has 4 aromatic rings. The van der Waals surface area contributed by atoms with Crippen molar-refractivity contribution in [3.05, 3.63) is 42.6 Å². The van der Waals surface area contributed by atoms with E-state index in [9.17, 15) is 0 Å². The van der Waals surface area contributed by atoms with Crippen molar-refractivity contribution in [2.24, 2.45) is 0 Å². The number of aromatic nitrogens is 4. The zero-order valence-electron chi connectivity index (χ0n) is 15.6. The summed E-state index contributed by atoms with van der Waals surface area (Å²) in [7, 11) is 2.15. The van der Waals surface area contributed by atoms with E-state index < -0.39 is 0 Å². The minimum atomic E-state index is 0.0610. The van der Waals surface area contributed by atoms with Gasteiger partial charge in [-0.25, -0.2) is 4.98 Å². The third-order valence-electron chi connectivity index (χ3n) is 5.21. The van der Waals surface area contributed by atoms with Gasteiger partial charge in [0, 0.05) is 54.4 Å². The molecule has 3 aromatic heterocycles. The van der Waals surface area contributed by atoms with E-state index in [0.717, 1.165) is 59.7 Å². The van der Waals surface area contributed by atoms with Crippen LogP contribution < -0.4 is 10.6 Å². The monoisotopic (exact) mass is 375 g/mol. The molecule has 3 N–H and O–H groups in total. The summed E-state index contributed by atoms with van der Waals surface area (Å²) in [5.41, 5.74) is 9.39. The molecule has 1 aromatic carbocycles. The van der Waals surface area contributed by atoms with Gasteiger partial charge in [-0.3, -0.25) is 0 Å². The minimum Gasteiger partial charge on any atom is -0.404 e. The Morgan fingerprint density at radius 1 is 1.07 bits per heavy atom. The molecule has 0 unspecified atom stereocenters. The van der Waals surface area contributed by atoms with Crippen molar-refractivity contribution < 1.29 is 4.42 Å². The van der Waals surface area contributed by atoms with Crippen molar-refractivity contribution in [1.29, 1.82) is 0 Å². The highest BCUT2D eigenvalue weighted by Crippen LogP contribution is 2.32. The van der Waals surface area contributed by atoms with Crippen LogP contribution in [0.25, 0.3) is 33.6 Å². The van der Waals surface area contributed by atoms with Crippen LogP contribution in [0.4, 0.5) is 11.8 Å². The predicted molar refractivity (Wildman–Crippen MR) is 109 cm³/mol. The molecular weight excluding hydrogens is 354 g/mol. The van der Waals surface area contributed by atoms with Gasteiger partial charge in [-0.15, -0.1) is 5.10 Å². The summed E-state index contributed by atoms with van der Waals surface area (Å²) >= 11 is 0. The second-order valence-electron chi connectivity index (χ2n) is 7.08. The van der Waals surface area contributed by atoms with E-state index in [1.165, 1.54) is 0 Å². The zero-order chi connectivity index (χ0) is 19.1. The maximum atomic E-state index is 5.56. The Bertz CT molecular complexity index is 1120. The van der Waals surface area contributed by atoms with Crippen LogP contribution in [-0.2, 0) is 0 Å². The Hall–Kier alpha value is -3.39. The molecule has 0 radical (unpaired) electrons. The van der Waals surface area contributed by atoms with Crippen LogP contribution in [-0.4, -0.2) is 58.3 Å². The highest BCUT2D eigenvalue weighted by atomic mass is 16.4. The first-order valence-corrected chi connectivity index (χ1v) is 9.29. The van der Waals surface area contributed by atoms with Gasteiger partial charge in [0.05, 0.1) is 5.69 Å². The lowest BCUT2D eigenvalue weighted by Crippen LogP contribution is -2.44. The molecule has 1 fully saturated rings. The SMILES string of the molecule is CN1CCN(c2cccc(-c3c[nH]c4ccc(-c5nnc(N)o5)cc34)n2)CC1. The van der Waals surface area contributed by atoms with E-state index in [1.54, 1.807) is 0 Å². The number of nitrogens with one attached hydrogen (secondary N) is 1. The van der Waals surface area contributed by atoms with Gasteiger partial charge < -0.3 is 24.9 Å². The second-order valence-corrected chi connectivity index (χ2v) is 7.08. The third-order valence-corrected chi connectivity index (χ3v) is 5.21. The predicted octanol–water partition coefficient (Wildman–Crippen LogP) is 2.61. The first-order valence-electron chi connectivity index (χ1n) is 9.29. The molecule has 28 heavy (non-hydrogen) atoms. The van der Waals surface area contributed by atoms with E-state index in [-0.39, 0.29) is 6.01 Å². The number of piperazine rings is 1. The molecule has 0 saturated carbocycles. The van der Waals surface area contributed by atoms with Gasteiger partial charge in [-0.05, 0) is 37.4 Å². The van der Waals surface area contributed by atoms with Crippen molar-refractivity contribution in [3.8, 4) is 22.7 Å². The maximum Gasteiger partial charge on any atom is 0.313 e. The smallest absolute Gasteiger partial charge is 0.313 e. The van der Waals surface area contributed by atoms with Crippen molar-refractivity contribution in [2.75, 3.05) is 43.9 Å². The number of fused-ring (bicyclic) bond motifs is 1. The topological polar surface area (TPSA) is 100 Å². The first-order chi connectivity index (χ1) is 13.7. The van der Waals surface area contributed by atoms with Gasteiger partial charge in [0.1, 0.15) is 5.82 Å². The van der Waals surface area contributed by atoms with Crippen LogP contribution in [0.3, 0.4) is 0 Å². The molecule has 0 bridgehead atoms. The van der Waals surface area contributed by atoms with E-state index in [0.29, 0.717) is 5.89 Å². The number of hydrogen-bond acceptors (Lipinski definition) is 7. The molecule has 4 heterocycles. The van der Waals surface area contributed by atoms with E-state index >= 15 is 0 Å². The van der Waals surface area contributed by atoms with E-state index in [4.69, 9.17) is 15.1 Å². The van der Waals surface area contributed by atoms with Crippen LogP contribution in [0, 0.1) is 0 Å². The third kappa shape index (κ3) is 2.97. The summed E-state index contributed by atoms with van der Waals surface area (Å²) < 4.78 is 5.37. The van der Waals surface area contributed by atoms with E-state index in [1.807, 2.05) is 30.5 Å². The fourth-order valence-electron chi connectivity index (χ4n) is 3.60. The molecule has 8 heteroatoms. The molecule has 0 amide bonds. The van der Waals surface area contributed by atoms with Gasteiger partial charge >= 0.3 is 6.01 Å². The first kappa shape index (κ1) is 16.8. The summed E-state index contributed by atoms with van der Waals surface area (Å²) in [6, 6.07) is 12.2. The lowest BCUT2D eigenvalue weighted by molar-refractivity contribution is 0.312. The lowest BCUT2D eigenvalue weighted by atomic mass is 10.1. The van der Waals surface area contributed by atoms with Crippen LogP contribution in [0.5, 0.6) is 0 Å². The van der Waals surface area contributed by atoms with Crippen LogP contribution >= 0.6 is 0 Å². The number of H-pyrrole nitrogens is 1. The molecule has 1 saturated heterocycles. The van der Waals surface area contributed by atoms with Crippen LogP contribution in [0.1, 0.15) is 0 Å². The van der Waals surface area contributed by atoms with Gasteiger partial charge in [0.2, 0.25) is 5.89 Å². The van der Waals surface area contributed by atoms with Gasteiger partial charge in [-0.2, -0.15) is 0 Å². The Kier molecular flexibility index (Phi) is 3.98. The molecular formula is C20H21N7O. The van der Waals surface area contributed by atoms with Gasteiger partial charge in [-0.1, -0.05) is 11.2 Å². The number of likely N-dealkylation sites (N-methyl/N-ethyl adjacent to an activating group) is 1. The number of nitrogens with zero attached hydrogens (tertiary/aromatic N) is 5. The van der Waals surface area contributed by atoms with Crippen molar-refractivity contribution >= 4 is 22.7 Å². The molecule has 1 aliphatic heterocycles. The fraction of sp³-hybridized carbons (Fsp3) is 0.250. The van der Waals surface area contributed by atoms with Gasteiger partial charge in [0.15, 0.2) is 0 Å². The summed E-state index contributed by atoms with van der Waals surface area (Å²) in [5.74, 6) is 1.42. The highest BCUT2D eigenvalue weighted by molar-refractivity contribution is 5.96. The average Bonchev–Trinajstić information content (AvgIpc) is 3.34. The average molecular weight is 375 g/mol. The van der Waals surface area contributed by atoms with Gasteiger partial charge in [0.25, 0.3) is 0 Å². The summed E-state index contributed by atoms with van der Waals surface area (Å²) in [6.07, 6.45) is 1.99. The number of hydrogen-bond donors (Lipinski definition) is 2. The Labute approximate surface area is 162 Å². The number of pyridine rings is 1. The molecule has 5 rings (SSSR count). The maximum absolute atomic E-state index is 5.56. The highest BCUT2D eigenvalue weighted by Gasteiger charge is 2.17. The molecule has 0 spiro atoms. The largest absolute Gasteiger partial charge is 0.404 e. The van der Waals surface area contributed by atoms with E-state index in [2.05, 4.69) is 44.2 Å². The number of nitrogens with two attached hydrogens (primary N) is 1. The summed E-state index contributed by atoms with van der Waals surface area (Å²) in [4.78, 5) is 12.9. The summed E-state index contributed by atoms with van der Waals surface area (Å²) in [5, 5.41) is 8.78. The summed E-state index contributed by atoms with van der Waals surface area (Å²) in [6.45, 7) is 4.08. The lowest BCUT2D eigenvalue weighted by Gasteiger charge is -2.33. The minimum absolute atomic E-state index is 0.0610. The number of benzene rings is 1. The van der Waals surface area contributed by atoms with Crippen LogP contribution in [0.2, 0.25) is 0 Å². The van der Waals surface area contributed by atoms with Crippen LogP contribution in [0.15, 0.2) is 47.0 Å². The van der Waals surface area contributed by atoms with Crippen molar-refractivity contribution in [1.82, 2.24) is 25.1 Å². The molecule has 8 nitrogen and oxygen atoms in total. The second kappa shape index (κ2) is 6.65. The van der Waals surface area contributed by atoms with Crippen molar-refractivity contribution in [3.63, 3.8) is 0 Å². The Balaban J connectivity index is 1.53. The number of nitrogen functional groups attached to an aromatic ring is 1.